The fraction of sp³-hybridized carbons (Fsp3) is 0.364. The quantitative estimate of drug-likeness (QED) is 0.581. The van der Waals surface area contributed by atoms with Crippen LogP contribution in [0.3, 0.4) is 0 Å². The average molecular weight is 242 g/mol. The van der Waals surface area contributed by atoms with Gasteiger partial charge in [0.25, 0.3) is 0 Å². The second kappa shape index (κ2) is 6.40. The molecule has 1 aromatic rings. The zero-order valence-electron chi connectivity index (χ0n) is 9.26. The number of hydrogen-bond donors (Lipinski definition) is 0. The fourth-order valence-corrected chi connectivity index (χ4v) is 1.35. The van der Waals surface area contributed by atoms with E-state index in [-0.39, 0.29) is 11.9 Å². The Balaban J connectivity index is 2.57. The summed E-state index contributed by atoms with van der Waals surface area (Å²) in [5, 5.41) is 0. The van der Waals surface area contributed by atoms with Crippen LogP contribution in [0.25, 0.3) is 0 Å². The van der Waals surface area contributed by atoms with Crippen molar-refractivity contribution in [2.24, 2.45) is 0 Å². The lowest BCUT2D eigenvalue weighted by Crippen LogP contribution is -2.10. The molecule has 0 saturated carbocycles. The summed E-state index contributed by atoms with van der Waals surface area (Å²) < 4.78 is 20.8. The standard InChI is InChI=1S/C11H14O4S/c1-3-14-11(12)9-4-6-10(7-5-9)15-8-16(2)13/h4-7H,3,8H2,1-2H3. The molecule has 16 heavy (non-hydrogen) atoms. The number of ether oxygens (including phenoxy) is 2. The monoisotopic (exact) mass is 242 g/mol. The van der Waals surface area contributed by atoms with Gasteiger partial charge in [0, 0.05) is 0 Å². The first-order valence-corrected chi connectivity index (χ1v) is 6.56. The molecule has 0 radical (unpaired) electrons. The van der Waals surface area contributed by atoms with Crippen molar-refractivity contribution in [3.05, 3.63) is 29.8 Å². The Morgan fingerprint density at radius 3 is 2.50 bits per heavy atom. The van der Waals surface area contributed by atoms with Crippen molar-refractivity contribution in [2.45, 2.75) is 6.92 Å². The van der Waals surface area contributed by atoms with Crippen LogP contribution >= 0.6 is 0 Å². The molecule has 5 heteroatoms. The van der Waals surface area contributed by atoms with Gasteiger partial charge in [-0.1, -0.05) is 0 Å². The molecule has 0 spiro atoms. The molecule has 1 rings (SSSR count). The van der Waals surface area contributed by atoms with E-state index in [0.29, 0.717) is 17.9 Å². The van der Waals surface area contributed by atoms with Crippen molar-refractivity contribution < 1.29 is 18.8 Å². The van der Waals surface area contributed by atoms with Crippen molar-refractivity contribution in [3.63, 3.8) is 0 Å². The minimum atomic E-state index is -0.997. The van der Waals surface area contributed by atoms with Gasteiger partial charge in [0.05, 0.1) is 18.4 Å². The topological polar surface area (TPSA) is 58.6 Å². The molecule has 0 fully saturated rings. The minimum absolute atomic E-state index is 0.152. The van der Waals surface area contributed by atoms with Crippen LogP contribution in [0, 0.1) is 0 Å². The highest BCUT2D eigenvalue weighted by molar-refractivity contribution is 7.90. The maximum absolute atomic E-state index is 11.3. The molecule has 0 amide bonds. The number of benzene rings is 1. The SMILES string of the molecule is CCOC(=O)c1ccc(OC[S+](C)[O-])cc1. The molecule has 0 aliphatic rings. The van der Waals surface area contributed by atoms with Gasteiger partial charge >= 0.3 is 5.97 Å². The average Bonchev–Trinajstić information content (AvgIpc) is 2.27. The summed E-state index contributed by atoms with van der Waals surface area (Å²) in [6.45, 7) is 2.11. The van der Waals surface area contributed by atoms with Gasteiger partial charge in [0.15, 0.2) is 0 Å². The highest BCUT2D eigenvalue weighted by atomic mass is 32.2. The summed E-state index contributed by atoms with van der Waals surface area (Å²) in [6.07, 6.45) is 1.56. The summed E-state index contributed by atoms with van der Waals surface area (Å²) in [4.78, 5) is 11.3. The zero-order valence-corrected chi connectivity index (χ0v) is 10.1. The first-order valence-electron chi connectivity index (χ1n) is 4.83. The third kappa shape index (κ3) is 4.12. The van der Waals surface area contributed by atoms with Gasteiger partial charge in [-0.05, 0) is 42.4 Å². The molecular weight excluding hydrogens is 228 g/mol. The first-order chi connectivity index (χ1) is 7.63. The van der Waals surface area contributed by atoms with Crippen LogP contribution in [0.4, 0.5) is 0 Å². The zero-order chi connectivity index (χ0) is 12.0. The van der Waals surface area contributed by atoms with Crippen LogP contribution in [0.5, 0.6) is 5.75 Å². The molecule has 0 aliphatic carbocycles. The summed E-state index contributed by atoms with van der Waals surface area (Å²) in [5.41, 5.74) is 0.479. The van der Waals surface area contributed by atoms with Crippen molar-refractivity contribution in [3.8, 4) is 5.75 Å². The van der Waals surface area contributed by atoms with Gasteiger partial charge in [-0.25, -0.2) is 4.79 Å². The van der Waals surface area contributed by atoms with E-state index in [1.54, 1.807) is 37.4 Å². The van der Waals surface area contributed by atoms with E-state index in [1.807, 2.05) is 0 Å². The Hall–Kier alpha value is -1.20. The van der Waals surface area contributed by atoms with Gasteiger partial charge in [-0.2, -0.15) is 0 Å². The van der Waals surface area contributed by atoms with Crippen molar-refractivity contribution in [1.82, 2.24) is 0 Å². The van der Waals surface area contributed by atoms with Gasteiger partial charge in [-0.3, -0.25) is 0 Å². The predicted molar refractivity (Wildman–Crippen MR) is 62.0 cm³/mol. The van der Waals surface area contributed by atoms with Crippen LogP contribution in [0.15, 0.2) is 24.3 Å². The van der Waals surface area contributed by atoms with E-state index >= 15 is 0 Å². The van der Waals surface area contributed by atoms with E-state index in [4.69, 9.17) is 9.47 Å². The van der Waals surface area contributed by atoms with E-state index in [1.165, 1.54) is 0 Å². The molecule has 0 bridgehead atoms. The minimum Gasteiger partial charge on any atom is -0.614 e. The summed E-state index contributed by atoms with van der Waals surface area (Å²) in [6, 6.07) is 6.54. The molecule has 0 saturated heterocycles. The molecular formula is C11H14O4S. The van der Waals surface area contributed by atoms with Crippen LogP contribution < -0.4 is 4.74 Å². The molecule has 0 heterocycles. The first kappa shape index (κ1) is 12.9. The van der Waals surface area contributed by atoms with Crippen molar-refractivity contribution in [2.75, 3.05) is 18.8 Å². The number of rotatable bonds is 5. The van der Waals surface area contributed by atoms with E-state index in [9.17, 15) is 9.35 Å². The molecule has 1 atom stereocenters. The van der Waals surface area contributed by atoms with Crippen molar-refractivity contribution in [1.29, 1.82) is 0 Å². The van der Waals surface area contributed by atoms with E-state index in [0.717, 1.165) is 0 Å². The summed E-state index contributed by atoms with van der Waals surface area (Å²) in [7, 11) is 0. The van der Waals surface area contributed by atoms with Crippen LogP contribution in [0.2, 0.25) is 0 Å². The largest absolute Gasteiger partial charge is 0.614 e. The van der Waals surface area contributed by atoms with Gasteiger partial charge < -0.3 is 14.0 Å². The predicted octanol–water partition coefficient (Wildman–Crippen LogP) is 1.58. The molecule has 88 valence electrons. The second-order valence-electron chi connectivity index (χ2n) is 3.08. The maximum Gasteiger partial charge on any atom is 0.338 e. The molecule has 1 aromatic carbocycles. The van der Waals surface area contributed by atoms with Crippen LogP contribution in [-0.4, -0.2) is 29.3 Å². The summed E-state index contributed by atoms with van der Waals surface area (Å²) in [5.74, 6) is 0.384. The Bertz CT molecular complexity index is 334. The lowest BCUT2D eigenvalue weighted by molar-refractivity contribution is 0.0526. The number of esters is 1. The van der Waals surface area contributed by atoms with Crippen LogP contribution in [-0.2, 0) is 15.9 Å². The maximum atomic E-state index is 11.3. The van der Waals surface area contributed by atoms with Gasteiger partial charge in [-0.15, -0.1) is 0 Å². The van der Waals surface area contributed by atoms with E-state index < -0.39 is 11.2 Å². The Morgan fingerprint density at radius 2 is 2.00 bits per heavy atom. The number of hydrogen-bond acceptors (Lipinski definition) is 4. The third-order valence-electron chi connectivity index (χ3n) is 1.76. The Morgan fingerprint density at radius 1 is 1.38 bits per heavy atom. The highest BCUT2D eigenvalue weighted by Gasteiger charge is 2.06. The number of carbonyl (C=O) groups excluding carboxylic acids is 1. The normalized spacial score (nSPS) is 11.9. The van der Waals surface area contributed by atoms with Gasteiger partial charge in [0.1, 0.15) is 5.75 Å². The fourth-order valence-electron chi connectivity index (χ4n) is 1.05. The molecule has 0 aliphatic heterocycles. The Kier molecular flexibility index (Phi) is 5.14. The van der Waals surface area contributed by atoms with Crippen LogP contribution in [0.1, 0.15) is 17.3 Å². The smallest absolute Gasteiger partial charge is 0.338 e. The van der Waals surface area contributed by atoms with E-state index in [2.05, 4.69) is 0 Å². The lowest BCUT2D eigenvalue weighted by atomic mass is 10.2. The summed E-state index contributed by atoms with van der Waals surface area (Å²) >= 11 is -0.997. The molecule has 1 unspecified atom stereocenters. The molecule has 0 aromatic heterocycles. The second-order valence-corrected chi connectivity index (χ2v) is 4.46. The lowest BCUT2D eigenvalue weighted by Gasteiger charge is -2.07. The third-order valence-corrected chi connectivity index (χ3v) is 2.21. The molecule has 4 nitrogen and oxygen atoms in total. The van der Waals surface area contributed by atoms with Crippen molar-refractivity contribution >= 4 is 17.1 Å². The number of carbonyl (C=O) groups is 1. The highest BCUT2D eigenvalue weighted by Crippen LogP contribution is 2.13. The Labute approximate surface area is 97.7 Å². The molecule has 0 N–H and O–H groups in total. The van der Waals surface area contributed by atoms with Gasteiger partial charge in [0.2, 0.25) is 5.94 Å².